The molecular formula is MoN4O8. The first kappa shape index (κ1) is 30.2. The van der Waals surface area contributed by atoms with E-state index in [9.17, 15) is 0 Å². The average Bonchev–Trinajstić information content (AvgIpc) is 1.92. The predicted molar refractivity (Wildman–Crippen MR) is 36.6 cm³/mol. The fourth-order valence-electron chi connectivity index (χ4n) is 0. The van der Waals surface area contributed by atoms with Gasteiger partial charge in [-0.3, -0.25) is 0 Å². The van der Waals surface area contributed by atoms with Crippen LogP contribution in [0.2, 0.25) is 0 Å². The third-order valence-corrected chi connectivity index (χ3v) is 0. The first-order valence-electron chi connectivity index (χ1n) is 1.46. The summed E-state index contributed by atoms with van der Waals surface area (Å²) < 4.78 is 0. The van der Waals surface area contributed by atoms with Gasteiger partial charge in [-0.2, -0.15) is 0 Å². The van der Waals surface area contributed by atoms with Crippen molar-refractivity contribution >= 4 is 0 Å². The maximum Gasteiger partial charge on any atom is 4.00 e. The predicted octanol–water partition coefficient (Wildman–Crippen LogP) is 1.000. The van der Waals surface area contributed by atoms with Gasteiger partial charge in [0.2, 0.25) is 0 Å². The van der Waals surface area contributed by atoms with Gasteiger partial charge < -0.3 is 40.5 Å². The topological polar surface area (TPSA) is 210 Å². The quantitative estimate of drug-likeness (QED) is 0.353. The van der Waals surface area contributed by atoms with Crippen LogP contribution in [-0.2, 0) is 21.1 Å². The maximum atomic E-state index is 8.00. The van der Waals surface area contributed by atoms with Crippen LogP contribution >= 0.6 is 0 Å². The van der Waals surface area contributed by atoms with E-state index in [0.29, 0.717) is 0 Å². The molecule has 0 aromatic carbocycles. The molecule has 0 rings (SSSR count). The molecule has 12 nitrogen and oxygen atoms in total. The largest absolute Gasteiger partial charge is 4.00 e. The molecule has 0 saturated heterocycles. The summed E-state index contributed by atoms with van der Waals surface area (Å²) in [6.07, 6.45) is 0. The summed E-state index contributed by atoms with van der Waals surface area (Å²) in [5.74, 6) is 0. The molecule has 0 fully saturated rings. The first-order valence-corrected chi connectivity index (χ1v) is 1.46. The molecule has 0 aromatic heterocycles. The fraction of sp³-hybridized carbons (Fsp3) is 0. The summed E-state index contributed by atoms with van der Waals surface area (Å²) in [4.78, 5) is 32.0. The van der Waals surface area contributed by atoms with Crippen LogP contribution in [0.1, 0.15) is 0 Å². The molecule has 0 atom stereocenters. The van der Waals surface area contributed by atoms with E-state index in [1.165, 1.54) is 0 Å². The summed E-state index contributed by atoms with van der Waals surface area (Å²) in [5, 5.41) is 36.0. The monoisotopic (exact) mass is 282 g/mol. The van der Waals surface area contributed by atoms with E-state index >= 15 is 0 Å². The molecule has 0 N–H and O–H groups in total. The summed E-state index contributed by atoms with van der Waals surface area (Å²) in [6, 6.07) is 0. The van der Waals surface area contributed by atoms with Gasteiger partial charge in [-0.05, 0) is 0 Å². The zero-order valence-electron chi connectivity index (χ0n) is 5.46. The Balaban J connectivity index is -0.0000000213. The molecule has 0 aromatic rings. The molecule has 0 heterocycles. The van der Waals surface area contributed by atoms with E-state index in [0.717, 1.165) is 21.4 Å². The van der Waals surface area contributed by atoms with E-state index < -0.39 is 0 Å². The number of hydrogen-bond donors (Lipinski definition) is 0. The molecule has 0 aliphatic carbocycles. The third-order valence-electron chi connectivity index (χ3n) is 0. The molecule has 74 valence electrons. The smallest absolute Gasteiger partial charge is 0.444 e. The number of rotatable bonds is 0. The number of nitrogens with zero attached hydrogens (tertiary/aromatic N) is 4. The molecule has 0 bridgehead atoms. The number of hydrogen-bond acceptors (Lipinski definition) is 12. The van der Waals surface area contributed by atoms with Crippen molar-refractivity contribution in [1.82, 2.24) is 0 Å². The van der Waals surface area contributed by atoms with Crippen LogP contribution in [0, 0.1) is 40.5 Å². The zero-order valence-corrected chi connectivity index (χ0v) is 7.47. The minimum Gasteiger partial charge on any atom is -0.444 e. The van der Waals surface area contributed by atoms with Gasteiger partial charge in [0.05, 0.1) is 0 Å². The molecule has 0 spiro atoms. The van der Waals surface area contributed by atoms with E-state index in [2.05, 4.69) is 0 Å². The second kappa shape index (κ2) is 170. The summed E-state index contributed by atoms with van der Waals surface area (Å²) in [7, 11) is 0. The summed E-state index contributed by atoms with van der Waals surface area (Å²) in [6.45, 7) is 0. The normalized spacial score (nSPS) is 3.69. The van der Waals surface area contributed by atoms with E-state index in [1.807, 2.05) is 0 Å². The minimum atomic E-state index is 0. The SMILES string of the molecule is O=N[O-].O=N[O-].O=N[O-].O=N[O-].[Mo+4]. The van der Waals surface area contributed by atoms with Crippen molar-refractivity contribution in [3.63, 3.8) is 0 Å². The second-order valence-corrected chi connectivity index (χ2v) is 0.298. The Kier molecular flexibility index (Phi) is 394. The Morgan fingerprint density at radius 1 is 0.538 bits per heavy atom. The van der Waals surface area contributed by atoms with Crippen molar-refractivity contribution in [2.75, 3.05) is 0 Å². The van der Waals surface area contributed by atoms with Crippen LogP contribution in [0.4, 0.5) is 0 Å². The van der Waals surface area contributed by atoms with Gasteiger partial charge in [-0.25, -0.2) is 0 Å². The van der Waals surface area contributed by atoms with Crippen LogP contribution in [0.15, 0.2) is 21.4 Å². The second-order valence-electron chi connectivity index (χ2n) is 0.298. The molecule has 0 aliphatic rings. The molecule has 0 amide bonds. The molecule has 0 unspecified atom stereocenters. The van der Waals surface area contributed by atoms with Crippen LogP contribution in [0.5, 0.6) is 0 Å². The third kappa shape index (κ3) is 241. The Bertz CT molecular complexity index is 70.1. The van der Waals surface area contributed by atoms with E-state index in [-0.39, 0.29) is 21.1 Å². The zero-order chi connectivity index (χ0) is 10.8. The summed E-state index contributed by atoms with van der Waals surface area (Å²) in [5.41, 5.74) is 0. The van der Waals surface area contributed by atoms with Crippen LogP contribution in [0.25, 0.3) is 0 Å². The Hall–Kier alpha value is -1.71. The van der Waals surface area contributed by atoms with Crippen molar-refractivity contribution in [2.24, 2.45) is 21.4 Å². The van der Waals surface area contributed by atoms with E-state index in [1.54, 1.807) is 0 Å². The van der Waals surface area contributed by atoms with Crippen molar-refractivity contribution < 1.29 is 21.1 Å². The Morgan fingerprint density at radius 2 is 0.538 bits per heavy atom. The van der Waals surface area contributed by atoms with Crippen molar-refractivity contribution in [3.05, 3.63) is 40.5 Å². The molecular weight excluding hydrogens is 280 g/mol. The van der Waals surface area contributed by atoms with Gasteiger partial charge in [-0.1, -0.05) is 0 Å². The maximum absolute atomic E-state index is 8.00. The molecule has 0 saturated carbocycles. The van der Waals surface area contributed by atoms with Gasteiger partial charge in [0.15, 0.2) is 0 Å². The van der Waals surface area contributed by atoms with Crippen LogP contribution in [0.3, 0.4) is 0 Å². The first-order chi connectivity index (χ1) is 5.66. The average molecular weight is 280 g/mol. The van der Waals surface area contributed by atoms with Crippen molar-refractivity contribution in [2.45, 2.75) is 0 Å². The summed E-state index contributed by atoms with van der Waals surface area (Å²) >= 11 is 0. The van der Waals surface area contributed by atoms with Gasteiger partial charge in [0.25, 0.3) is 0 Å². The van der Waals surface area contributed by atoms with Gasteiger partial charge in [0.1, 0.15) is 0 Å². The van der Waals surface area contributed by atoms with Crippen molar-refractivity contribution in [1.29, 1.82) is 0 Å². The van der Waals surface area contributed by atoms with Crippen LogP contribution in [-0.4, -0.2) is 0 Å². The molecule has 0 aliphatic heterocycles. The Morgan fingerprint density at radius 3 is 0.538 bits per heavy atom. The minimum absolute atomic E-state index is 0. The molecule has 13 heavy (non-hydrogen) atoms. The van der Waals surface area contributed by atoms with Crippen LogP contribution < -0.4 is 0 Å². The van der Waals surface area contributed by atoms with Gasteiger partial charge in [0, 0.05) is 0 Å². The van der Waals surface area contributed by atoms with E-state index in [4.69, 9.17) is 40.5 Å². The Labute approximate surface area is 83.6 Å². The van der Waals surface area contributed by atoms with Gasteiger partial charge >= 0.3 is 21.1 Å². The fourth-order valence-corrected chi connectivity index (χ4v) is 0. The molecule has 13 heteroatoms. The van der Waals surface area contributed by atoms with Crippen molar-refractivity contribution in [3.8, 4) is 0 Å². The molecule has 0 radical (unpaired) electrons. The standard InChI is InChI=1S/Mo.4HNO2/c;4*2-1-3/h;4*(H,2,3)/q+4;;;;/p-4. The van der Waals surface area contributed by atoms with Gasteiger partial charge in [-0.15, -0.1) is 21.4 Å².